The summed E-state index contributed by atoms with van der Waals surface area (Å²) in [6.07, 6.45) is -0.999. The van der Waals surface area contributed by atoms with Crippen molar-refractivity contribution in [1.82, 2.24) is 3.96 Å². The smallest absolute Gasteiger partial charge is 0.334 e. The predicted octanol–water partition coefficient (Wildman–Crippen LogP) is 1.16. The highest BCUT2D eigenvalue weighted by Gasteiger charge is 2.19. The Morgan fingerprint density at radius 2 is 2.24 bits per heavy atom. The third-order valence-electron chi connectivity index (χ3n) is 2.44. The van der Waals surface area contributed by atoms with Crippen LogP contribution in [0.15, 0.2) is 29.1 Å². The Morgan fingerprint density at radius 1 is 1.53 bits per heavy atom. The molecule has 17 heavy (non-hydrogen) atoms. The zero-order chi connectivity index (χ0) is 12.4. The molecule has 1 aromatic heterocycles. The second-order valence-electron chi connectivity index (χ2n) is 3.52. The van der Waals surface area contributed by atoms with Gasteiger partial charge in [0.25, 0.3) is 5.56 Å². The average Bonchev–Trinajstić information content (AvgIpc) is 2.63. The third-order valence-corrected chi connectivity index (χ3v) is 3.53. The molecule has 1 atom stereocenters. The summed E-state index contributed by atoms with van der Waals surface area (Å²) in [5.41, 5.74) is -0.172. The maximum absolute atomic E-state index is 11.9. The van der Waals surface area contributed by atoms with Crippen molar-refractivity contribution in [3.63, 3.8) is 0 Å². The molecule has 0 spiro atoms. The number of ether oxygens (including phenoxy) is 1. The summed E-state index contributed by atoms with van der Waals surface area (Å²) in [6, 6.07) is 7.19. The molecule has 0 fully saturated rings. The lowest BCUT2D eigenvalue weighted by Gasteiger charge is -2.09. The van der Waals surface area contributed by atoms with Crippen LogP contribution in [-0.2, 0) is 16.1 Å². The number of fused-ring (bicyclic) bond motifs is 1. The fraction of sp³-hybridized carbons (Fsp3) is 0.273. The molecule has 0 aliphatic rings. The Balaban J connectivity index is 2.39. The summed E-state index contributed by atoms with van der Waals surface area (Å²) < 4.78 is 7.07. The van der Waals surface area contributed by atoms with Crippen LogP contribution >= 0.6 is 11.5 Å². The zero-order valence-corrected chi connectivity index (χ0v) is 9.94. The topological polar surface area (TPSA) is 68.5 Å². The molecule has 0 saturated heterocycles. The van der Waals surface area contributed by atoms with Gasteiger partial charge in [-0.05, 0) is 12.1 Å². The van der Waals surface area contributed by atoms with E-state index in [0.29, 0.717) is 5.39 Å². The van der Waals surface area contributed by atoms with Crippen molar-refractivity contribution >= 4 is 27.6 Å². The summed E-state index contributed by atoms with van der Waals surface area (Å²) in [5, 5.41) is 9.47. The van der Waals surface area contributed by atoms with Crippen molar-refractivity contribution in [1.29, 1.82) is 0 Å². The Kier molecular flexibility index (Phi) is 3.26. The van der Waals surface area contributed by atoms with Crippen LogP contribution in [0.1, 0.15) is 0 Å². The van der Waals surface area contributed by atoms with Crippen molar-refractivity contribution < 1.29 is 14.6 Å². The van der Waals surface area contributed by atoms with Crippen LogP contribution in [0.25, 0.3) is 10.1 Å². The quantitative estimate of drug-likeness (QED) is 0.887. The SMILES string of the molecule is COC(Cn1sc2ccccc2c1=O)C(=O)O. The van der Waals surface area contributed by atoms with E-state index in [1.165, 1.54) is 22.6 Å². The molecule has 0 bridgehead atoms. The van der Waals surface area contributed by atoms with Gasteiger partial charge in [-0.1, -0.05) is 23.7 Å². The number of benzene rings is 1. The van der Waals surface area contributed by atoms with Crippen molar-refractivity contribution in [2.45, 2.75) is 12.6 Å². The highest BCUT2D eigenvalue weighted by Crippen LogP contribution is 2.16. The molecule has 0 saturated carbocycles. The molecule has 90 valence electrons. The fourth-order valence-electron chi connectivity index (χ4n) is 1.54. The first-order valence-electron chi connectivity index (χ1n) is 4.98. The number of carbonyl (C=O) groups is 1. The lowest BCUT2D eigenvalue weighted by molar-refractivity contribution is -0.149. The number of hydrogen-bond donors (Lipinski definition) is 1. The summed E-state index contributed by atoms with van der Waals surface area (Å²) in [4.78, 5) is 22.8. The molecule has 1 unspecified atom stereocenters. The summed E-state index contributed by atoms with van der Waals surface area (Å²) in [5.74, 6) is -1.07. The first-order valence-corrected chi connectivity index (χ1v) is 5.75. The van der Waals surface area contributed by atoms with Crippen molar-refractivity contribution in [3.8, 4) is 0 Å². The van der Waals surface area contributed by atoms with Crippen molar-refractivity contribution in [2.24, 2.45) is 0 Å². The normalized spacial score (nSPS) is 12.8. The first kappa shape index (κ1) is 11.8. The molecule has 2 aromatic rings. The van der Waals surface area contributed by atoms with Crippen LogP contribution < -0.4 is 5.56 Å². The van der Waals surface area contributed by atoms with Gasteiger partial charge in [0.1, 0.15) is 0 Å². The molecule has 0 radical (unpaired) electrons. The molecule has 2 rings (SSSR count). The zero-order valence-electron chi connectivity index (χ0n) is 9.12. The van der Waals surface area contributed by atoms with Crippen LogP contribution in [0.4, 0.5) is 0 Å². The lowest BCUT2D eigenvalue weighted by atomic mass is 10.3. The number of hydrogen-bond acceptors (Lipinski definition) is 4. The van der Waals surface area contributed by atoms with Crippen LogP contribution in [0, 0.1) is 0 Å². The Hall–Kier alpha value is -1.66. The maximum atomic E-state index is 11.9. The highest BCUT2D eigenvalue weighted by molar-refractivity contribution is 7.13. The Bertz CT molecular complexity index is 601. The first-order chi connectivity index (χ1) is 8.13. The second-order valence-corrected chi connectivity index (χ2v) is 4.58. The van der Waals surface area contributed by atoms with E-state index in [2.05, 4.69) is 0 Å². The van der Waals surface area contributed by atoms with E-state index in [4.69, 9.17) is 9.84 Å². The van der Waals surface area contributed by atoms with Crippen molar-refractivity contribution in [2.75, 3.05) is 7.11 Å². The van der Waals surface area contributed by atoms with E-state index in [9.17, 15) is 9.59 Å². The Labute approximate surface area is 101 Å². The van der Waals surface area contributed by atoms with E-state index in [1.807, 2.05) is 12.1 Å². The number of nitrogens with zero attached hydrogens (tertiary/aromatic N) is 1. The van der Waals surface area contributed by atoms with E-state index < -0.39 is 12.1 Å². The van der Waals surface area contributed by atoms with E-state index in [1.54, 1.807) is 12.1 Å². The van der Waals surface area contributed by atoms with Crippen LogP contribution in [-0.4, -0.2) is 28.2 Å². The van der Waals surface area contributed by atoms with E-state index in [-0.39, 0.29) is 12.1 Å². The number of carboxylic acids is 1. The van der Waals surface area contributed by atoms with Gasteiger partial charge >= 0.3 is 5.97 Å². The third kappa shape index (κ3) is 2.22. The van der Waals surface area contributed by atoms with Crippen LogP contribution in [0.5, 0.6) is 0 Å². The molecule has 0 aliphatic carbocycles. The summed E-state index contributed by atoms with van der Waals surface area (Å²) >= 11 is 1.25. The highest BCUT2D eigenvalue weighted by atomic mass is 32.1. The second kappa shape index (κ2) is 4.68. The maximum Gasteiger partial charge on any atom is 0.334 e. The fourth-order valence-corrected chi connectivity index (χ4v) is 2.56. The minimum atomic E-state index is -1.07. The Morgan fingerprint density at radius 3 is 2.82 bits per heavy atom. The van der Waals surface area contributed by atoms with Crippen LogP contribution in [0.2, 0.25) is 0 Å². The van der Waals surface area contributed by atoms with Crippen LogP contribution in [0.3, 0.4) is 0 Å². The standard InChI is InChI=1S/C11H11NO4S/c1-16-8(11(14)15)6-12-10(13)7-4-2-3-5-9(7)17-12/h2-5,8H,6H2,1H3,(H,14,15). The van der Waals surface area contributed by atoms with Gasteiger partial charge in [0.2, 0.25) is 0 Å². The van der Waals surface area contributed by atoms with Gasteiger partial charge in [-0.25, -0.2) is 4.79 Å². The van der Waals surface area contributed by atoms with E-state index >= 15 is 0 Å². The van der Waals surface area contributed by atoms with Gasteiger partial charge in [0.15, 0.2) is 6.10 Å². The number of methoxy groups -OCH3 is 1. The van der Waals surface area contributed by atoms with Crippen molar-refractivity contribution in [3.05, 3.63) is 34.6 Å². The van der Waals surface area contributed by atoms with Gasteiger partial charge in [0, 0.05) is 7.11 Å². The molecule has 1 N–H and O–H groups in total. The minimum Gasteiger partial charge on any atom is -0.479 e. The van der Waals surface area contributed by atoms with Gasteiger partial charge in [-0.2, -0.15) is 0 Å². The summed E-state index contributed by atoms with van der Waals surface area (Å²) in [7, 11) is 1.32. The van der Waals surface area contributed by atoms with Gasteiger partial charge in [0.05, 0.1) is 16.6 Å². The number of carboxylic acid groups (broad SMARTS) is 1. The minimum absolute atomic E-state index is 0.0318. The molecule has 1 aromatic carbocycles. The van der Waals surface area contributed by atoms with E-state index in [0.717, 1.165) is 4.70 Å². The predicted molar refractivity (Wildman–Crippen MR) is 64.5 cm³/mol. The number of aliphatic carboxylic acids is 1. The molecule has 1 heterocycles. The number of rotatable bonds is 4. The molecule has 5 nitrogen and oxygen atoms in total. The molecule has 6 heteroatoms. The molecule has 0 amide bonds. The largest absolute Gasteiger partial charge is 0.479 e. The van der Waals surface area contributed by atoms with Gasteiger partial charge in [-0.3, -0.25) is 8.75 Å². The lowest BCUT2D eigenvalue weighted by Crippen LogP contribution is -2.30. The monoisotopic (exact) mass is 253 g/mol. The van der Waals surface area contributed by atoms with Gasteiger partial charge < -0.3 is 9.84 Å². The molecular weight excluding hydrogens is 242 g/mol. The summed E-state index contributed by atoms with van der Waals surface area (Å²) in [6.45, 7) is 0.0318. The average molecular weight is 253 g/mol. The molecule has 0 aliphatic heterocycles. The molecular formula is C11H11NO4S. The van der Waals surface area contributed by atoms with Gasteiger partial charge in [-0.15, -0.1) is 0 Å². The number of aromatic nitrogens is 1.